The van der Waals surface area contributed by atoms with Crippen LogP contribution >= 0.6 is 0 Å². The SMILES string of the molecule is CCNCc1cccc(S(=O)(=O)NCCN(CC)CC)c1. The Morgan fingerprint density at radius 2 is 1.86 bits per heavy atom. The molecule has 0 bridgehead atoms. The Morgan fingerprint density at radius 3 is 2.48 bits per heavy atom. The van der Waals surface area contributed by atoms with Crippen molar-refractivity contribution in [3.63, 3.8) is 0 Å². The van der Waals surface area contributed by atoms with Crippen LogP contribution in [0, 0.1) is 0 Å². The predicted molar refractivity (Wildman–Crippen MR) is 86.8 cm³/mol. The first-order valence-corrected chi connectivity index (χ1v) is 9.03. The molecule has 0 fully saturated rings. The molecule has 0 radical (unpaired) electrons. The highest BCUT2D eigenvalue weighted by Crippen LogP contribution is 2.11. The van der Waals surface area contributed by atoms with Gasteiger partial charge in [-0.25, -0.2) is 13.1 Å². The zero-order valence-corrected chi connectivity index (χ0v) is 14.0. The summed E-state index contributed by atoms with van der Waals surface area (Å²) in [6.07, 6.45) is 0. The summed E-state index contributed by atoms with van der Waals surface area (Å²) in [5, 5.41) is 3.19. The van der Waals surface area contributed by atoms with Crippen LogP contribution in [-0.2, 0) is 16.6 Å². The Kier molecular flexibility index (Phi) is 7.88. The van der Waals surface area contributed by atoms with Gasteiger partial charge < -0.3 is 10.2 Å². The quantitative estimate of drug-likeness (QED) is 0.686. The number of benzene rings is 1. The fourth-order valence-electron chi connectivity index (χ4n) is 2.05. The van der Waals surface area contributed by atoms with E-state index in [1.165, 1.54) is 0 Å². The van der Waals surface area contributed by atoms with Gasteiger partial charge in [-0.3, -0.25) is 0 Å². The number of hydrogen-bond acceptors (Lipinski definition) is 4. The van der Waals surface area contributed by atoms with Crippen LogP contribution in [0.1, 0.15) is 26.3 Å². The van der Waals surface area contributed by atoms with Crippen LogP contribution in [0.25, 0.3) is 0 Å². The molecule has 0 heterocycles. The van der Waals surface area contributed by atoms with Crippen LogP contribution in [0.3, 0.4) is 0 Å². The Labute approximate surface area is 128 Å². The summed E-state index contributed by atoms with van der Waals surface area (Å²) >= 11 is 0. The zero-order chi connectivity index (χ0) is 15.7. The van der Waals surface area contributed by atoms with Gasteiger partial charge in [-0.1, -0.05) is 32.9 Å². The van der Waals surface area contributed by atoms with E-state index in [0.717, 1.165) is 31.7 Å². The minimum atomic E-state index is -3.42. The van der Waals surface area contributed by atoms with Gasteiger partial charge in [0.25, 0.3) is 0 Å². The second kappa shape index (κ2) is 9.15. The van der Waals surface area contributed by atoms with E-state index in [-0.39, 0.29) is 0 Å². The minimum absolute atomic E-state index is 0.331. The number of nitrogens with zero attached hydrogens (tertiary/aromatic N) is 1. The van der Waals surface area contributed by atoms with Crippen molar-refractivity contribution >= 4 is 10.0 Å². The lowest BCUT2D eigenvalue weighted by Gasteiger charge is -2.18. The van der Waals surface area contributed by atoms with Crippen LogP contribution in [0.2, 0.25) is 0 Å². The molecule has 120 valence electrons. The van der Waals surface area contributed by atoms with Crippen LogP contribution in [-0.4, -0.2) is 46.0 Å². The Balaban J connectivity index is 2.65. The van der Waals surface area contributed by atoms with Gasteiger partial charge in [0.1, 0.15) is 0 Å². The second-order valence-corrected chi connectivity index (χ2v) is 6.62. The smallest absolute Gasteiger partial charge is 0.240 e. The molecule has 0 aliphatic heterocycles. The number of nitrogens with one attached hydrogen (secondary N) is 2. The highest BCUT2D eigenvalue weighted by Gasteiger charge is 2.14. The van der Waals surface area contributed by atoms with Crippen molar-refractivity contribution in [1.82, 2.24) is 14.9 Å². The number of sulfonamides is 1. The molecule has 0 spiro atoms. The van der Waals surface area contributed by atoms with Gasteiger partial charge in [0.05, 0.1) is 4.90 Å². The molecule has 1 aromatic rings. The first-order chi connectivity index (χ1) is 10.0. The highest BCUT2D eigenvalue weighted by atomic mass is 32.2. The molecular weight excluding hydrogens is 286 g/mol. The molecule has 1 rings (SSSR count). The normalized spacial score (nSPS) is 12.0. The first kappa shape index (κ1) is 18.1. The Hall–Kier alpha value is -0.950. The third kappa shape index (κ3) is 6.13. The van der Waals surface area contributed by atoms with Crippen molar-refractivity contribution in [1.29, 1.82) is 0 Å². The van der Waals surface area contributed by atoms with E-state index in [4.69, 9.17) is 0 Å². The molecule has 0 aliphatic rings. The third-order valence-electron chi connectivity index (χ3n) is 3.40. The molecule has 2 N–H and O–H groups in total. The lowest BCUT2D eigenvalue weighted by molar-refractivity contribution is 0.309. The van der Waals surface area contributed by atoms with Crippen molar-refractivity contribution in [2.45, 2.75) is 32.2 Å². The van der Waals surface area contributed by atoms with Crippen LogP contribution in [0.15, 0.2) is 29.2 Å². The van der Waals surface area contributed by atoms with Gasteiger partial charge in [-0.2, -0.15) is 0 Å². The topological polar surface area (TPSA) is 61.4 Å². The lowest BCUT2D eigenvalue weighted by atomic mass is 10.2. The third-order valence-corrected chi connectivity index (χ3v) is 4.86. The summed E-state index contributed by atoms with van der Waals surface area (Å²) in [4.78, 5) is 2.52. The molecule has 0 saturated heterocycles. The van der Waals surface area contributed by atoms with Crippen LogP contribution in [0.5, 0.6) is 0 Å². The van der Waals surface area contributed by atoms with Gasteiger partial charge in [-0.05, 0) is 37.3 Å². The van der Waals surface area contributed by atoms with E-state index >= 15 is 0 Å². The molecule has 0 saturated carbocycles. The maximum absolute atomic E-state index is 12.3. The largest absolute Gasteiger partial charge is 0.313 e. The predicted octanol–water partition coefficient (Wildman–Crippen LogP) is 1.42. The van der Waals surface area contributed by atoms with Crippen molar-refractivity contribution in [3.05, 3.63) is 29.8 Å². The molecule has 0 unspecified atom stereocenters. The average Bonchev–Trinajstić information content (AvgIpc) is 2.50. The van der Waals surface area contributed by atoms with E-state index in [2.05, 4.69) is 28.8 Å². The van der Waals surface area contributed by atoms with E-state index in [1.807, 2.05) is 13.0 Å². The monoisotopic (exact) mass is 313 g/mol. The van der Waals surface area contributed by atoms with E-state index in [1.54, 1.807) is 18.2 Å². The molecule has 0 amide bonds. The molecule has 0 atom stereocenters. The van der Waals surface area contributed by atoms with Crippen LogP contribution in [0.4, 0.5) is 0 Å². The summed E-state index contributed by atoms with van der Waals surface area (Å²) in [7, 11) is -3.42. The lowest BCUT2D eigenvalue weighted by Crippen LogP contribution is -2.34. The van der Waals surface area contributed by atoms with Crippen molar-refractivity contribution in [2.75, 3.05) is 32.7 Å². The maximum Gasteiger partial charge on any atom is 0.240 e. The van der Waals surface area contributed by atoms with Gasteiger partial charge in [0.15, 0.2) is 0 Å². The van der Waals surface area contributed by atoms with Crippen molar-refractivity contribution < 1.29 is 8.42 Å². The zero-order valence-electron chi connectivity index (χ0n) is 13.2. The summed E-state index contributed by atoms with van der Waals surface area (Å²) in [6, 6.07) is 7.07. The Bertz CT molecular complexity index is 513. The minimum Gasteiger partial charge on any atom is -0.313 e. The van der Waals surface area contributed by atoms with E-state index in [0.29, 0.717) is 18.0 Å². The molecular formula is C15H27N3O2S. The maximum atomic E-state index is 12.3. The van der Waals surface area contributed by atoms with Gasteiger partial charge in [0, 0.05) is 19.6 Å². The van der Waals surface area contributed by atoms with Crippen LogP contribution < -0.4 is 10.0 Å². The fraction of sp³-hybridized carbons (Fsp3) is 0.600. The molecule has 21 heavy (non-hydrogen) atoms. The van der Waals surface area contributed by atoms with Gasteiger partial charge in [0.2, 0.25) is 10.0 Å². The van der Waals surface area contributed by atoms with Gasteiger partial charge in [-0.15, -0.1) is 0 Å². The molecule has 0 aromatic heterocycles. The molecule has 0 aliphatic carbocycles. The summed E-state index contributed by atoms with van der Waals surface area (Å²) in [5.41, 5.74) is 0.975. The number of rotatable bonds is 10. The Morgan fingerprint density at radius 1 is 1.14 bits per heavy atom. The van der Waals surface area contributed by atoms with E-state index < -0.39 is 10.0 Å². The summed E-state index contributed by atoms with van der Waals surface area (Å²) in [6.45, 7) is 10.7. The van der Waals surface area contributed by atoms with Crippen molar-refractivity contribution in [2.24, 2.45) is 0 Å². The fourth-order valence-corrected chi connectivity index (χ4v) is 3.14. The molecule has 1 aromatic carbocycles. The highest BCUT2D eigenvalue weighted by molar-refractivity contribution is 7.89. The summed E-state index contributed by atoms with van der Waals surface area (Å²) in [5.74, 6) is 0. The standard InChI is InChI=1S/C15H27N3O2S/c1-4-16-13-14-8-7-9-15(12-14)21(19,20)17-10-11-18(5-2)6-3/h7-9,12,16-17H,4-6,10-11,13H2,1-3H3. The number of likely N-dealkylation sites (N-methyl/N-ethyl adjacent to an activating group) is 1. The molecule has 5 nitrogen and oxygen atoms in total. The number of hydrogen-bond donors (Lipinski definition) is 2. The van der Waals surface area contributed by atoms with Crippen molar-refractivity contribution in [3.8, 4) is 0 Å². The average molecular weight is 313 g/mol. The van der Waals surface area contributed by atoms with E-state index in [9.17, 15) is 8.42 Å². The van der Waals surface area contributed by atoms with Gasteiger partial charge >= 0.3 is 0 Å². The molecule has 6 heteroatoms. The second-order valence-electron chi connectivity index (χ2n) is 4.85. The first-order valence-electron chi connectivity index (χ1n) is 7.55. The summed E-state index contributed by atoms with van der Waals surface area (Å²) < 4.78 is 27.2.